The predicted molar refractivity (Wildman–Crippen MR) is 130 cm³/mol. The van der Waals surface area contributed by atoms with Crippen molar-refractivity contribution >= 4 is 18.3 Å². The summed E-state index contributed by atoms with van der Waals surface area (Å²) in [5.74, 6) is 2.48. The van der Waals surface area contributed by atoms with Crippen LogP contribution in [-0.4, -0.2) is 70.3 Å². The van der Waals surface area contributed by atoms with E-state index in [0.29, 0.717) is 12.2 Å². The summed E-state index contributed by atoms with van der Waals surface area (Å²) >= 11 is 0. The molecule has 2 aromatic carbocycles. The van der Waals surface area contributed by atoms with Crippen LogP contribution in [0.15, 0.2) is 36.4 Å². The van der Waals surface area contributed by atoms with Gasteiger partial charge in [0, 0.05) is 19.6 Å². The number of hydrogen-bond donors (Lipinski definition) is 0. The first-order chi connectivity index (χ1) is 15.0. The number of hydrogen-bond acceptors (Lipinski definition) is 5. The van der Waals surface area contributed by atoms with Crippen LogP contribution in [0.3, 0.4) is 0 Å². The Morgan fingerprint density at radius 3 is 2.22 bits per heavy atom. The SMILES string of the molecule is COc1ccc(CCN(C)CCCN2CCc3cc(OC)c(OC)cc3CC2=O)cc1.Cl. The Bertz CT molecular complexity index is 873. The van der Waals surface area contributed by atoms with E-state index >= 15 is 0 Å². The first kappa shape index (κ1) is 25.8. The van der Waals surface area contributed by atoms with Crippen LogP contribution in [0.2, 0.25) is 0 Å². The maximum Gasteiger partial charge on any atom is 0.227 e. The zero-order valence-electron chi connectivity index (χ0n) is 19.6. The lowest BCUT2D eigenvalue weighted by Gasteiger charge is -2.23. The lowest BCUT2D eigenvalue weighted by atomic mass is 10.0. The van der Waals surface area contributed by atoms with Gasteiger partial charge in [0.05, 0.1) is 27.8 Å². The second-order valence-electron chi connectivity index (χ2n) is 8.04. The van der Waals surface area contributed by atoms with E-state index in [2.05, 4.69) is 24.1 Å². The molecule has 32 heavy (non-hydrogen) atoms. The number of fused-ring (bicyclic) bond motifs is 1. The van der Waals surface area contributed by atoms with Gasteiger partial charge in [-0.15, -0.1) is 12.4 Å². The van der Waals surface area contributed by atoms with Crippen LogP contribution < -0.4 is 14.2 Å². The van der Waals surface area contributed by atoms with Crippen LogP contribution in [0.1, 0.15) is 23.1 Å². The van der Waals surface area contributed by atoms with Crippen molar-refractivity contribution in [1.82, 2.24) is 9.80 Å². The van der Waals surface area contributed by atoms with Crippen molar-refractivity contribution in [3.05, 3.63) is 53.1 Å². The molecule has 7 heteroatoms. The number of halogens is 1. The van der Waals surface area contributed by atoms with Gasteiger partial charge in [-0.25, -0.2) is 0 Å². The second-order valence-corrected chi connectivity index (χ2v) is 8.04. The van der Waals surface area contributed by atoms with Gasteiger partial charge in [-0.3, -0.25) is 4.79 Å². The molecule has 2 aromatic rings. The van der Waals surface area contributed by atoms with Gasteiger partial charge < -0.3 is 24.0 Å². The smallest absolute Gasteiger partial charge is 0.227 e. The summed E-state index contributed by atoms with van der Waals surface area (Å²) in [6.07, 6.45) is 3.23. The van der Waals surface area contributed by atoms with Gasteiger partial charge in [0.2, 0.25) is 5.91 Å². The second kappa shape index (κ2) is 12.6. The average Bonchev–Trinajstić information content (AvgIpc) is 2.94. The molecule has 176 valence electrons. The van der Waals surface area contributed by atoms with Gasteiger partial charge in [-0.2, -0.15) is 0 Å². The molecule has 0 saturated heterocycles. The molecule has 3 rings (SSSR count). The van der Waals surface area contributed by atoms with Gasteiger partial charge >= 0.3 is 0 Å². The number of likely N-dealkylation sites (N-methyl/N-ethyl adjacent to an activating group) is 1. The van der Waals surface area contributed by atoms with Crippen LogP contribution >= 0.6 is 12.4 Å². The highest BCUT2D eigenvalue weighted by Gasteiger charge is 2.22. The molecule has 0 unspecified atom stereocenters. The van der Waals surface area contributed by atoms with Gasteiger partial charge in [0.15, 0.2) is 11.5 Å². The van der Waals surface area contributed by atoms with E-state index in [1.165, 1.54) is 11.1 Å². The summed E-state index contributed by atoms with van der Waals surface area (Å²) in [6, 6.07) is 12.2. The van der Waals surface area contributed by atoms with Gasteiger partial charge in [0.1, 0.15) is 5.75 Å². The highest BCUT2D eigenvalue weighted by atomic mass is 35.5. The molecule has 0 atom stereocenters. The van der Waals surface area contributed by atoms with Gasteiger partial charge in [0.25, 0.3) is 0 Å². The Morgan fingerprint density at radius 1 is 0.938 bits per heavy atom. The molecule has 6 nitrogen and oxygen atoms in total. The average molecular weight is 463 g/mol. The molecule has 1 heterocycles. The molecular formula is C25H35ClN2O4. The fourth-order valence-corrected chi connectivity index (χ4v) is 4.01. The summed E-state index contributed by atoms with van der Waals surface area (Å²) < 4.78 is 16.0. The van der Waals surface area contributed by atoms with E-state index in [1.807, 2.05) is 29.2 Å². The Morgan fingerprint density at radius 2 is 1.59 bits per heavy atom. The molecule has 1 aliphatic rings. The van der Waals surface area contributed by atoms with E-state index in [0.717, 1.165) is 62.5 Å². The van der Waals surface area contributed by atoms with Crippen molar-refractivity contribution in [2.45, 2.75) is 25.7 Å². The first-order valence-electron chi connectivity index (χ1n) is 10.9. The molecule has 0 spiro atoms. The van der Waals surface area contributed by atoms with Crippen molar-refractivity contribution in [1.29, 1.82) is 0 Å². The van der Waals surface area contributed by atoms with E-state index in [9.17, 15) is 4.79 Å². The molecule has 1 aliphatic heterocycles. The molecule has 0 aliphatic carbocycles. The minimum absolute atomic E-state index is 0. The Labute approximate surface area is 197 Å². The van der Waals surface area contributed by atoms with E-state index in [-0.39, 0.29) is 18.3 Å². The van der Waals surface area contributed by atoms with Crippen LogP contribution in [0.4, 0.5) is 0 Å². The molecular weight excluding hydrogens is 428 g/mol. The Hall–Kier alpha value is -2.44. The highest BCUT2D eigenvalue weighted by molar-refractivity contribution is 5.85. The van der Waals surface area contributed by atoms with E-state index in [1.54, 1.807) is 21.3 Å². The molecule has 0 radical (unpaired) electrons. The topological polar surface area (TPSA) is 51.2 Å². The zero-order chi connectivity index (χ0) is 22.2. The number of methoxy groups -OCH3 is 3. The Balaban J connectivity index is 0.00000363. The molecule has 0 aromatic heterocycles. The highest BCUT2D eigenvalue weighted by Crippen LogP contribution is 2.32. The number of benzene rings is 2. The monoisotopic (exact) mass is 462 g/mol. The van der Waals surface area contributed by atoms with Crippen LogP contribution in [0.5, 0.6) is 17.2 Å². The van der Waals surface area contributed by atoms with Gasteiger partial charge in [-0.05, 0) is 73.8 Å². The summed E-state index contributed by atoms with van der Waals surface area (Å²) in [7, 11) is 7.09. The fraction of sp³-hybridized carbons (Fsp3) is 0.480. The quantitative estimate of drug-likeness (QED) is 0.539. The minimum Gasteiger partial charge on any atom is -0.497 e. The third-order valence-corrected chi connectivity index (χ3v) is 5.96. The van der Waals surface area contributed by atoms with E-state index < -0.39 is 0 Å². The van der Waals surface area contributed by atoms with Crippen LogP contribution in [-0.2, 0) is 24.1 Å². The first-order valence-corrected chi connectivity index (χ1v) is 10.9. The summed E-state index contributed by atoms with van der Waals surface area (Å²) in [4.78, 5) is 17.1. The van der Waals surface area contributed by atoms with Crippen molar-refractivity contribution in [3.8, 4) is 17.2 Å². The fourth-order valence-electron chi connectivity index (χ4n) is 4.01. The molecule has 0 saturated carbocycles. The van der Waals surface area contributed by atoms with Crippen molar-refractivity contribution in [2.75, 3.05) is 54.6 Å². The molecule has 0 bridgehead atoms. The number of nitrogens with zero attached hydrogens (tertiary/aromatic N) is 2. The summed E-state index contributed by atoms with van der Waals surface area (Å²) in [5, 5.41) is 0. The predicted octanol–water partition coefficient (Wildman–Crippen LogP) is 3.63. The van der Waals surface area contributed by atoms with Crippen molar-refractivity contribution < 1.29 is 19.0 Å². The number of carbonyl (C=O) groups is 1. The summed E-state index contributed by atoms with van der Waals surface area (Å²) in [6.45, 7) is 3.49. The van der Waals surface area contributed by atoms with Crippen molar-refractivity contribution in [3.63, 3.8) is 0 Å². The normalized spacial score (nSPS) is 13.3. The van der Waals surface area contributed by atoms with Crippen molar-refractivity contribution in [2.24, 2.45) is 0 Å². The number of amides is 1. The minimum atomic E-state index is 0. The summed E-state index contributed by atoms with van der Waals surface area (Å²) in [5.41, 5.74) is 3.52. The number of rotatable bonds is 10. The maximum atomic E-state index is 12.8. The number of carbonyl (C=O) groups excluding carboxylic acids is 1. The third kappa shape index (κ3) is 6.78. The molecule has 1 amide bonds. The number of ether oxygens (including phenoxy) is 3. The zero-order valence-corrected chi connectivity index (χ0v) is 20.4. The largest absolute Gasteiger partial charge is 0.497 e. The van der Waals surface area contributed by atoms with Gasteiger partial charge in [-0.1, -0.05) is 12.1 Å². The van der Waals surface area contributed by atoms with Crippen LogP contribution in [0, 0.1) is 0 Å². The Kier molecular flexibility index (Phi) is 10.1. The lowest BCUT2D eigenvalue weighted by Crippen LogP contribution is -2.35. The third-order valence-electron chi connectivity index (χ3n) is 5.96. The standard InChI is InChI=1S/C25H34N2O4.ClH/c1-26(14-10-19-6-8-22(29-2)9-7-19)12-5-13-27-15-11-20-16-23(30-3)24(31-4)17-21(20)18-25(27)28;/h6-9,16-17H,5,10-15,18H2,1-4H3;1H. The molecule has 0 fully saturated rings. The van der Waals surface area contributed by atoms with E-state index in [4.69, 9.17) is 14.2 Å². The molecule has 0 N–H and O–H groups in total. The van der Waals surface area contributed by atoms with Crippen LogP contribution in [0.25, 0.3) is 0 Å². The lowest BCUT2D eigenvalue weighted by molar-refractivity contribution is -0.130. The maximum absolute atomic E-state index is 12.8.